The average molecular weight is 360 g/mol. The minimum atomic E-state index is -0.885. The van der Waals surface area contributed by atoms with Crippen LogP contribution in [0.1, 0.15) is 37.8 Å². The van der Waals surface area contributed by atoms with Crippen molar-refractivity contribution in [1.29, 1.82) is 0 Å². The Hall–Kier alpha value is -2.92. The fraction of sp³-hybridized carbons (Fsp3) is 0.200. The predicted molar refractivity (Wildman–Crippen MR) is 108 cm³/mol. The minimum absolute atomic E-state index is 0.0990. The molecule has 0 saturated heterocycles. The Morgan fingerprint density at radius 2 is 1.30 bits per heavy atom. The van der Waals surface area contributed by atoms with Crippen LogP contribution in [0.15, 0.2) is 60.7 Å². The normalized spacial score (nSPS) is 10.4. The fourth-order valence-electron chi connectivity index (χ4n) is 3.05. The first kappa shape index (κ1) is 18.9. The van der Waals surface area contributed by atoms with Gasteiger partial charge in [-0.3, -0.25) is 0 Å². The summed E-state index contributed by atoms with van der Waals surface area (Å²) in [5, 5.41) is 0. The van der Waals surface area contributed by atoms with Crippen LogP contribution in [0.4, 0.5) is 8.78 Å². The highest BCUT2D eigenvalue weighted by molar-refractivity contribution is 5.71. The summed E-state index contributed by atoms with van der Waals surface area (Å²) in [5.41, 5.74) is 4.47. The van der Waals surface area contributed by atoms with Crippen molar-refractivity contribution >= 4 is 0 Å². The summed E-state index contributed by atoms with van der Waals surface area (Å²) in [4.78, 5) is 0. The summed E-state index contributed by atoms with van der Waals surface area (Å²) in [7, 11) is 0. The third-order valence-electron chi connectivity index (χ3n) is 4.50. The molecular formula is C25H22F2. The lowest BCUT2D eigenvalue weighted by atomic mass is 9.98. The van der Waals surface area contributed by atoms with E-state index in [-0.39, 0.29) is 11.1 Å². The molecule has 0 aliphatic carbocycles. The van der Waals surface area contributed by atoms with Gasteiger partial charge in [0.1, 0.15) is 0 Å². The van der Waals surface area contributed by atoms with Crippen LogP contribution in [0.25, 0.3) is 22.3 Å². The van der Waals surface area contributed by atoms with Gasteiger partial charge in [-0.25, -0.2) is 8.78 Å². The zero-order valence-corrected chi connectivity index (χ0v) is 15.7. The molecule has 0 aliphatic rings. The Morgan fingerprint density at radius 1 is 0.704 bits per heavy atom. The third-order valence-corrected chi connectivity index (χ3v) is 4.50. The topological polar surface area (TPSA) is 0 Å². The van der Waals surface area contributed by atoms with E-state index in [1.165, 1.54) is 11.6 Å². The lowest BCUT2D eigenvalue weighted by molar-refractivity contribution is 0.509. The van der Waals surface area contributed by atoms with Gasteiger partial charge in [-0.15, -0.1) is 0 Å². The minimum Gasteiger partial charge on any atom is -0.203 e. The molecule has 0 bridgehead atoms. The van der Waals surface area contributed by atoms with Gasteiger partial charge in [0.25, 0.3) is 0 Å². The monoisotopic (exact) mass is 360 g/mol. The van der Waals surface area contributed by atoms with Crippen LogP contribution in [-0.2, 0) is 6.42 Å². The molecule has 0 unspecified atom stereocenters. The molecule has 0 nitrogen and oxygen atoms in total. The van der Waals surface area contributed by atoms with Crippen molar-refractivity contribution in [2.24, 2.45) is 0 Å². The van der Waals surface area contributed by atoms with Crippen LogP contribution < -0.4 is 0 Å². The second-order valence-corrected chi connectivity index (χ2v) is 6.47. The second-order valence-electron chi connectivity index (χ2n) is 6.47. The molecule has 3 rings (SSSR count). The Kier molecular flexibility index (Phi) is 6.04. The van der Waals surface area contributed by atoms with E-state index in [2.05, 4.69) is 43.0 Å². The van der Waals surface area contributed by atoms with Crippen LogP contribution in [0, 0.1) is 23.5 Å². The van der Waals surface area contributed by atoms with Gasteiger partial charge in [0.05, 0.1) is 5.56 Å². The number of benzene rings is 3. The van der Waals surface area contributed by atoms with Crippen molar-refractivity contribution in [3.63, 3.8) is 0 Å². The molecular weight excluding hydrogens is 338 g/mol. The standard InChI is InChI=1S/C25H22F2/c1-3-5-7-22-16-17-23(25(27)24(22)26)21-14-12-20(13-15-21)19-10-8-18(6-4-2)9-11-19/h8-17H,3-4,6H2,1-2H3. The summed E-state index contributed by atoms with van der Waals surface area (Å²) in [6, 6.07) is 19.1. The fourth-order valence-corrected chi connectivity index (χ4v) is 3.05. The summed E-state index contributed by atoms with van der Waals surface area (Å²) >= 11 is 0. The molecule has 0 aliphatic heterocycles. The van der Waals surface area contributed by atoms with E-state index in [1.807, 2.05) is 31.2 Å². The highest BCUT2D eigenvalue weighted by atomic mass is 19.2. The number of rotatable bonds is 4. The van der Waals surface area contributed by atoms with Gasteiger partial charge in [-0.2, -0.15) is 0 Å². The first-order chi connectivity index (χ1) is 13.1. The van der Waals surface area contributed by atoms with Gasteiger partial charge in [0, 0.05) is 12.0 Å². The molecule has 0 atom stereocenters. The van der Waals surface area contributed by atoms with E-state index in [9.17, 15) is 8.78 Å². The molecule has 0 spiro atoms. The zero-order chi connectivity index (χ0) is 19.2. The molecule has 0 aromatic heterocycles. The van der Waals surface area contributed by atoms with Gasteiger partial charge in [0.15, 0.2) is 11.6 Å². The Morgan fingerprint density at radius 3 is 1.89 bits per heavy atom. The Balaban J connectivity index is 1.88. The van der Waals surface area contributed by atoms with Gasteiger partial charge < -0.3 is 0 Å². The maximum Gasteiger partial charge on any atom is 0.175 e. The van der Waals surface area contributed by atoms with Gasteiger partial charge >= 0.3 is 0 Å². The molecule has 0 radical (unpaired) electrons. The molecule has 3 aromatic rings. The van der Waals surface area contributed by atoms with Crippen molar-refractivity contribution in [3.8, 4) is 34.1 Å². The maximum absolute atomic E-state index is 14.5. The second kappa shape index (κ2) is 8.64. The molecule has 2 heteroatoms. The number of aryl methyl sites for hydroxylation is 1. The van der Waals surface area contributed by atoms with E-state index < -0.39 is 11.6 Å². The van der Waals surface area contributed by atoms with Gasteiger partial charge in [-0.1, -0.05) is 80.6 Å². The Bertz CT molecular complexity index is 972. The maximum atomic E-state index is 14.5. The van der Waals surface area contributed by atoms with E-state index >= 15 is 0 Å². The van der Waals surface area contributed by atoms with Crippen LogP contribution >= 0.6 is 0 Å². The van der Waals surface area contributed by atoms with Crippen molar-refractivity contribution < 1.29 is 8.78 Å². The van der Waals surface area contributed by atoms with Crippen molar-refractivity contribution in [1.82, 2.24) is 0 Å². The molecule has 0 N–H and O–H groups in total. The lowest BCUT2D eigenvalue weighted by Crippen LogP contribution is -1.94. The number of hydrogen-bond acceptors (Lipinski definition) is 0. The summed E-state index contributed by atoms with van der Waals surface area (Å²) < 4.78 is 28.7. The van der Waals surface area contributed by atoms with Crippen LogP contribution in [-0.4, -0.2) is 0 Å². The molecule has 0 fully saturated rings. The van der Waals surface area contributed by atoms with E-state index in [4.69, 9.17) is 0 Å². The molecule has 0 heterocycles. The first-order valence-corrected chi connectivity index (χ1v) is 9.30. The number of hydrogen-bond donors (Lipinski definition) is 0. The highest BCUT2D eigenvalue weighted by Gasteiger charge is 2.13. The molecule has 136 valence electrons. The van der Waals surface area contributed by atoms with Crippen molar-refractivity contribution in [2.45, 2.75) is 33.1 Å². The predicted octanol–water partition coefficient (Wildman–Crippen LogP) is 7.01. The van der Waals surface area contributed by atoms with Crippen molar-refractivity contribution in [2.75, 3.05) is 0 Å². The number of halogens is 2. The SMILES string of the molecule is CCC#Cc1ccc(-c2ccc(-c3ccc(CCC)cc3)cc2)c(F)c1F. The van der Waals surface area contributed by atoms with Gasteiger partial charge in [0.2, 0.25) is 0 Å². The van der Waals surface area contributed by atoms with Crippen LogP contribution in [0.3, 0.4) is 0 Å². The van der Waals surface area contributed by atoms with Crippen LogP contribution in [0.5, 0.6) is 0 Å². The molecule has 3 aromatic carbocycles. The van der Waals surface area contributed by atoms with E-state index in [0.717, 1.165) is 24.0 Å². The molecule has 27 heavy (non-hydrogen) atoms. The molecule has 0 saturated carbocycles. The summed E-state index contributed by atoms with van der Waals surface area (Å²) in [5.74, 6) is 3.70. The largest absolute Gasteiger partial charge is 0.203 e. The summed E-state index contributed by atoms with van der Waals surface area (Å²) in [6.07, 6.45) is 2.80. The first-order valence-electron chi connectivity index (χ1n) is 9.30. The highest BCUT2D eigenvalue weighted by Crippen LogP contribution is 2.29. The Labute approximate surface area is 159 Å². The third kappa shape index (κ3) is 4.26. The van der Waals surface area contributed by atoms with E-state index in [0.29, 0.717) is 12.0 Å². The smallest absolute Gasteiger partial charge is 0.175 e. The van der Waals surface area contributed by atoms with Gasteiger partial charge in [-0.05, 0) is 40.8 Å². The quantitative estimate of drug-likeness (QED) is 0.439. The van der Waals surface area contributed by atoms with Crippen molar-refractivity contribution in [3.05, 3.63) is 83.4 Å². The molecule has 0 amide bonds. The van der Waals surface area contributed by atoms with Crippen LogP contribution in [0.2, 0.25) is 0 Å². The van der Waals surface area contributed by atoms with E-state index in [1.54, 1.807) is 6.07 Å². The zero-order valence-electron chi connectivity index (χ0n) is 15.7. The summed E-state index contributed by atoms with van der Waals surface area (Å²) in [6.45, 7) is 4.03. The average Bonchev–Trinajstić information content (AvgIpc) is 2.70. The lowest BCUT2D eigenvalue weighted by Gasteiger charge is -2.08.